The van der Waals surface area contributed by atoms with Gasteiger partial charge in [-0.2, -0.15) is 0 Å². The molecule has 0 saturated heterocycles. The quantitative estimate of drug-likeness (QED) is 0.882. The Balaban J connectivity index is 2.40. The van der Waals surface area contributed by atoms with E-state index in [4.69, 9.17) is 10.5 Å². The summed E-state index contributed by atoms with van der Waals surface area (Å²) >= 11 is 0. The topological polar surface area (TPSA) is 38.5 Å². The Hall–Kier alpha value is -1.58. The van der Waals surface area contributed by atoms with Crippen molar-refractivity contribution in [1.29, 1.82) is 0 Å². The van der Waals surface area contributed by atoms with Crippen molar-refractivity contribution in [2.75, 3.05) is 20.2 Å². The third-order valence-corrected chi connectivity index (χ3v) is 4.11. The van der Waals surface area contributed by atoms with E-state index in [1.807, 2.05) is 6.07 Å². The van der Waals surface area contributed by atoms with Gasteiger partial charge >= 0.3 is 0 Å². The first-order valence-corrected chi connectivity index (χ1v) is 7.64. The van der Waals surface area contributed by atoms with Crippen molar-refractivity contribution in [3.63, 3.8) is 0 Å². The number of fused-ring (bicyclic) bond motifs is 1. The van der Waals surface area contributed by atoms with Crippen molar-refractivity contribution in [3.05, 3.63) is 42.0 Å². The first-order chi connectivity index (χ1) is 10.1. The van der Waals surface area contributed by atoms with Crippen LogP contribution in [0.3, 0.4) is 0 Å². The summed E-state index contributed by atoms with van der Waals surface area (Å²) in [5, 5.41) is 2.42. The molecule has 2 aromatic carbocycles. The summed E-state index contributed by atoms with van der Waals surface area (Å²) in [6.07, 6.45) is 0. The smallest absolute Gasteiger partial charge is 0.119 e. The van der Waals surface area contributed by atoms with Crippen LogP contribution in [0.4, 0.5) is 0 Å². The van der Waals surface area contributed by atoms with Gasteiger partial charge in [0.15, 0.2) is 0 Å². The van der Waals surface area contributed by atoms with Crippen molar-refractivity contribution in [3.8, 4) is 5.75 Å². The lowest BCUT2D eigenvalue weighted by molar-refractivity contribution is 0.167. The highest BCUT2D eigenvalue weighted by atomic mass is 16.5. The van der Waals surface area contributed by atoms with Crippen molar-refractivity contribution < 1.29 is 4.74 Å². The maximum Gasteiger partial charge on any atom is 0.119 e. The lowest BCUT2D eigenvalue weighted by Crippen LogP contribution is -2.38. The van der Waals surface area contributed by atoms with Crippen LogP contribution < -0.4 is 10.5 Å². The maximum atomic E-state index is 6.05. The van der Waals surface area contributed by atoms with Crippen LogP contribution in [-0.4, -0.2) is 31.1 Å². The summed E-state index contributed by atoms with van der Waals surface area (Å²) in [4.78, 5) is 2.44. The van der Waals surface area contributed by atoms with Gasteiger partial charge in [-0.25, -0.2) is 0 Å². The zero-order valence-electron chi connectivity index (χ0n) is 13.5. The van der Waals surface area contributed by atoms with Crippen LogP contribution in [0.5, 0.6) is 5.75 Å². The minimum Gasteiger partial charge on any atom is -0.497 e. The highest BCUT2D eigenvalue weighted by Crippen LogP contribution is 2.27. The van der Waals surface area contributed by atoms with Crippen LogP contribution in [0.15, 0.2) is 36.4 Å². The van der Waals surface area contributed by atoms with Gasteiger partial charge in [-0.15, -0.1) is 0 Å². The van der Waals surface area contributed by atoms with Crippen LogP contribution in [-0.2, 0) is 0 Å². The molecule has 114 valence electrons. The Morgan fingerprint density at radius 1 is 1.10 bits per heavy atom. The van der Waals surface area contributed by atoms with E-state index in [2.05, 4.69) is 56.0 Å². The molecule has 0 aliphatic rings. The van der Waals surface area contributed by atoms with E-state index in [1.165, 1.54) is 16.3 Å². The van der Waals surface area contributed by atoms with Gasteiger partial charge in [-0.05, 0) is 54.9 Å². The second kappa shape index (κ2) is 6.92. The highest BCUT2D eigenvalue weighted by Gasteiger charge is 2.20. The van der Waals surface area contributed by atoms with Crippen molar-refractivity contribution in [1.82, 2.24) is 4.90 Å². The predicted molar refractivity (Wildman–Crippen MR) is 89.8 cm³/mol. The first-order valence-electron chi connectivity index (χ1n) is 7.64. The van der Waals surface area contributed by atoms with E-state index in [0.29, 0.717) is 12.6 Å². The summed E-state index contributed by atoms with van der Waals surface area (Å²) in [7, 11) is 1.70. The molecule has 3 nitrogen and oxygen atoms in total. The summed E-state index contributed by atoms with van der Waals surface area (Å²) in [6, 6.07) is 13.5. The Morgan fingerprint density at radius 3 is 2.33 bits per heavy atom. The third-order valence-electron chi connectivity index (χ3n) is 4.11. The molecule has 0 saturated carbocycles. The number of nitrogens with zero attached hydrogens (tertiary/aromatic N) is 1. The molecule has 2 aromatic rings. The average Bonchev–Trinajstić information content (AvgIpc) is 2.51. The van der Waals surface area contributed by atoms with E-state index >= 15 is 0 Å². The van der Waals surface area contributed by atoms with Gasteiger partial charge < -0.3 is 10.5 Å². The largest absolute Gasteiger partial charge is 0.497 e. The van der Waals surface area contributed by atoms with E-state index in [1.54, 1.807) is 7.11 Å². The zero-order chi connectivity index (χ0) is 15.4. The SMILES string of the molecule is CCN(C(C)C)C(CN)c1ccc2cc(OC)ccc2c1. The maximum absolute atomic E-state index is 6.05. The number of hydrogen-bond acceptors (Lipinski definition) is 3. The minimum absolute atomic E-state index is 0.265. The molecule has 3 heteroatoms. The van der Waals surface area contributed by atoms with Gasteiger partial charge in [-0.1, -0.05) is 25.1 Å². The molecular formula is C18H26N2O. The normalized spacial score (nSPS) is 13.1. The molecule has 0 amide bonds. The fourth-order valence-electron chi connectivity index (χ4n) is 2.98. The second-order valence-corrected chi connectivity index (χ2v) is 5.65. The van der Waals surface area contributed by atoms with Crippen molar-refractivity contribution >= 4 is 10.8 Å². The van der Waals surface area contributed by atoms with E-state index < -0.39 is 0 Å². The van der Waals surface area contributed by atoms with Crippen molar-refractivity contribution in [2.24, 2.45) is 5.73 Å². The molecule has 21 heavy (non-hydrogen) atoms. The van der Waals surface area contributed by atoms with Crippen LogP contribution in [0, 0.1) is 0 Å². The monoisotopic (exact) mass is 286 g/mol. The molecule has 0 aliphatic heterocycles. The molecule has 0 fully saturated rings. The molecule has 2 N–H and O–H groups in total. The summed E-state index contributed by atoms with van der Waals surface area (Å²) in [6.45, 7) is 8.26. The molecule has 1 atom stereocenters. The van der Waals surface area contributed by atoms with Crippen LogP contribution >= 0.6 is 0 Å². The molecule has 0 aromatic heterocycles. The van der Waals surface area contributed by atoms with Gasteiger partial charge in [-0.3, -0.25) is 4.90 Å². The lowest BCUT2D eigenvalue weighted by atomic mass is 9.99. The first kappa shape index (κ1) is 15.8. The van der Waals surface area contributed by atoms with Crippen LogP contribution in [0.1, 0.15) is 32.4 Å². The van der Waals surface area contributed by atoms with Gasteiger partial charge in [0.25, 0.3) is 0 Å². The Labute approximate surface area is 127 Å². The Morgan fingerprint density at radius 2 is 1.76 bits per heavy atom. The van der Waals surface area contributed by atoms with Crippen molar-refractivity contribution in [2.45, 2.75) is 32.9 Å². The van der Waals surface area contributed by atoms with Gasteiger partial charge in [0.05, 0.1) is 7.11 Å². The average molecular weight is 286 g/mol. The number of methoxy groups -OCH3 is 1. The second-order valence-electron chi connectivity index (χ2n) is 5.65. The number of ether oxygens (including phenoxy) is 1. The summed E-state index contributed by atoms with van der Waals surface area (Å²) in [5.74, 6) is 0.892. The Kier molecular flexibility index (Phi) is 5.21. The molecule has 2 rings (SSSR count). The molecule has 0 spiro atoms. The molecule has 0 aliphatic carbocycles. The zero-order valence-corrected chi connectivity index (χ0v) is 13.5. The molecule has 0 radical (unpaired) electrons. The van der Waals surface area contributed by atoms with Gasteiger partial charge in [0, 0.05) is 18.6 Å². The minimum atomic E-state index is 0.265. The number of rotatable bonds is 6. The molecule has 1 unspecified atom stereocenters. The summed E-state index contributed by atoms with van der Waals surface area (Å²) < 4.78 is 5.28. The number of benzene rings is 2. The van der Waals surface area contributed by atoms with Gasteiger partial charge in [0.1, 0.15) is 5.75 Å². The number of hydrogen-bond donors (Lipinski definition) is 1. The predicted octanol–water partition coefficient (Wildman–Crippen LogP) is 3.58. The third kappa shape index (κ3) is 3.36. The summed E-state index contributed by atoms with van der Waals surface area (Å²) in [5.41, 5.74) is 7.33. The van der Waals surface area contributed by atoms with E-state index in [0.717, 1.165) is 12.3 Å². The number of likely N-dealkylation sites (N-methyl/N-ethyl adjacent to an activating group) is 1. The van der Waals surface area contributed by atoms with Gasteiger partial charge in [0.2, 0.25) is 0 Å². The van der Waals surface area contributed by atoms with Crippen LogP contribution in [0.25, 0.3) is 10.8 Å². The lowest BCUT2D eigenvalue weighted by Gasteiger charge is -2.33. The van der Waals surface area contributed by atoms with E-state index in [9.17, 15) is 0 Å². The Bertz CT molecular complexity index is 595. The molecule has 0 bridgehead atoms. The van der Waals surface area contributed by atoms with Crippen LogP contribution in [0.2, 0.25) is 0 Å². The fourth-order valence-corrected chi connectivity index (χ4v) is 2.98. The number of nitrogens with two attached hydrogens (primary N) is 1. The molecular weight excluding hydrogens is 260 g/mol. The fraction of sp³-hybridized carbons (Fsp3) is 0.444. The standard InChI is InChI=1S/C18H26N2O/c1-5-20(13(2)3)18(12-19)16-7-6-15-11-17(21-4)9-8-14(15)10-16/h6-11,13,18H,5,12,19H2,1-4H3. The van der Waals surface area contributed by atoms with E-state index in [-0.39, 0.29) is 6.04 Å². The highest BCUT2D eigenvalue weighted by molar-refractivity contribution is 5.84. The molecule has 0 heterocycles.